The summed E-state index contributed by atoms with van der Waals surface area (Å²) in [6, 6.07) is 0. The van der Waals surface area contributed by atoms with Crippen molar-refractivity contribution in [3.63, 3.8) is 0 Å². The van der Waals surface area contributed by atoms with E-state index in [1.807, 2.05) is 0 Å². The van der Waals surface area contributed by atoms with Gasteiger partial charge >= 0.3 is 0 Å². The lowest BCUT2D eigenvalue weighted by molar-refractivity contribution is -0.139. The second kappa shape index (κ2) is 5.27. The predicted octanol–water partition coefficient (Wildman–Crippen LogP) is 4.00. The number of ketones is 1. The van der Waals surface area contributed by atoms with Gasteiger partial charge in [0.2, 0.25) is 5.79 Å². The van der Waals surface area contributed by atoms with E-state index in [2.05, 4.69) is 20.8 Å². The Morgan fingerprint density at radius 2 is 2.08 bits per heavy atom. The first-order chi connectivity index (χ1) is 11.3. The zero-order valence-corrected chi connectivity index (χ0v) is 14.8. The van der Waals surface area contributed by atoms with Crippen LogP contribution in [0.4, 0.5) is 0 Å². The molecule has 128 valence electrons. The first kappa shape index (κ1) is 16.0. The highest BCUT2D eigenvalue weighted by Gasteiger charge is 2.44. The summed E-state index contributed by atoms with van der Waals surface area (Å²) >= 11 is 0. The summed E-state index contributed by atoms with van der Waals surface area (Å²) in [7, 11) is 0. The van der Waals surface area contributed by atoms with Crippen LogP contribution in [0.2, 0.25) is 0 Å². The van der Waals surface area contributed by atoms with Crippen LogP contribution in [0, 0.1) is 11.3 Å². The Labute approximate surface area is 143 Å². The fraction of sp³-hybridized carbons (Fsp3) is 0.571. The minimum atomic E-state index is -1.45. The minimum Gasteiger partial charge on any atom is -0.359 e. The van der Waals surface area contributed by atoms with Gasteiger partial charge in [-0.05, 0) is 78.4 Å². The lowest BCUT2D eigenvalue weighted by Crippen LogP contribution is -2.41. The minimum absolute atomic E-state index is 0.0684. The fourth-order valence-electron chi connectivity index (χ4n) is 4.85. The Hall–Kier alpha value is -1.45. The van der Waals surface area contributed by atoms with Crippen molar-refractivity contribution in [1.82, 2.24) is 0 Å². The highest BCUT2D eigenvalue weighted by Crippen LogP contribution is 2.52. The standard InChI is InChI=1S/C21H26O3/c1-13-6-7-17-15(5-4-9-20(17,2)3)19-16(13)12-24-21(23)10-8-14(22)11-18(19)21/h8,10-11,13,23H,4-7,9,12H2,1-3H3. The Morgan fingerprint density at radius 3 is 2.88 bits per heavy atom. The lowest BCUT2D eigenvalue weighted by atomic mass is 9.68. The van der Waals surface area contributed by atoms with E-state index in [0.717, 1.165) is 31.3 Å². The van der Waals surface area contributed by atoms with E-state index < -0.39 is 5.79 Å². The number of hydrogen-bond acceptors (Lipinski definition) is 3. The molecular weight excluding hydrogens is 300 g/mol. The summed E-state index contributed by atoms with van der Waals surface area (Å²) in [6.45, 7) is 7.36. The van der Waals surface area contributed by atoms with E-state index >= 15 is 0 Å². The number of carbonyl (C=O) groups excluding carboxylic acids is 1. The largest absolute Gasteiger partial charge is 0.359 e. The number of hydrogen-bond donors (Lipinski definition) is 1. The first-order valence-corrected chi connectivity index (χ1v) is 9.10. The second-order valence-corrected chi connectivity index (χ2v) is 8.31. The van der Waals surface area contributed by atoms with Gasteiger partial charge in [0, 0.05) is 5.57 Å². The molecule has 1 heterocycles. The summed E-state index contributed by atoms with van der Waals surface area (Å²) in [4.78, 5) is 12.0. The van der Waals surface area contributed by atoms with Crippen molar-refractivity contribution in [1.29, 1.82) is 0 Å². The molecule has 0 radical (unpaired) electrons. The van der Waals surface area contributed by atoms with E-state index in [0.29, 0.717) is 18.1 Å². The molecule has 0 bridgehead atoms. The van der Waals surface area contributed by atoms with Crippen LogP contribution in [0.1, 0.15) is 52.9 Å². The molecule has 24 heavy (non-hydrogen) atoms. The third-order valence-electron chi connectivity index (χ3n) is 6.32. The molecule has 4 rings (SSSR count). The Morgan fingerprint density at radius 1 is 1.29 bits per heavy atom. The second-order valence-electron chi connectivity index (χ2n) is 8.31. The number of aliphatic hydroxyl groups is 1. The Balaban J connectivity index is 1.96. The van der Waals surface area contributed by atoms with E-state index in [-0.39, 0.29) is 11.2 Å². The highest BCUT2D eigenvalue weighted by molar-refractivity contribution is 6.02. The molecule has 0 aromatic rings. The molecule has 3 nitrogen and oxygen atoms in total. The van der Waals surface area contributed by atoms with Gasteiger partial charge in [-0.25, -0.2) is 0 Å². The number of rotatable bonds is 0. The molecule has 0 spiro atoms. The molecule has 2 atom stereocenters. The SMILES string of the molecule is CC1CCC2=C(CCCC2(C)C)C2=C1COC1(O)C=CC(=O)C=C21. The molecule has 0 aromatic heterocycles. The van der Waals surface area contributed by atoms with Crippen molar-refractivity contribution < 1.29 is 14.6 Å². The molecule has 0 saturated heterocycles. The molecule has 0 aromatic carbocycles. The van der Waals surface area contributed by atoms with Gasteiger partial charge < -0.3 is 9.84 Å². The molecule has 1 N–H and O–H groups in total. The van der Waals surface area contributed by atoms with Crippen molar-refractivity contribution in [2.24, 2.45) is 11.3 Å². The Bertz CT molecular complexity index is 732. The van der Waals surface area contributed by atoms with Crippen molar-refractivity contribution in [2.75, 3.05) is 6.61 Å². The zero-order chi connectivity index (χ0) is 17.1. The number of carbonyl (C=O) groups is 1. The van der Waals surface area contributed by atoms with Crippen LogP contribution in [0.15, 0.2) is 46.1 Å². The molecule has 0 fully saturated rings. The van der Waals surface area contributed by atoms with Gasteiger partial charge in [0.15, 0.2) is 5.78 Å². The van der Waals surface area contributed by atoms with E-state index in [4.69, 9.17) is 4.74 Å². The van der Waals surface area contributed by atoms with E-state index in [1.165, 1.54) is 35.3 Å². The normalized spacial score (nSPS) is 35.1. The number of allylic oxidation sites excluding steroid dienone is 4. The quantitative estimate of drug-likeness (QED) is 0.732. The van der Waals surface area contributed by atoms with Crippen LogP contribution >= 0.6 is 0 Å². The molecule has 3 aliphatic carbocycles. The molecule has 0 amide bonds. The van der Waals surface area contributed by atoms with Crippen LogP contribution < -0.4 is 0 Å². The monoisotopic (exact) mass is 326 g/mol. The highest BCUT2D eigenvalue weighted by atomic mass is 16.6. The predicted molar refractivity (Wildman–Crippen MR) is 93.2 cm³/mol. The van der Waals surface area contributed by atoms with Crippen LogP contribution in [0.3, 0.4) is 0 Å². The number of fused-ring (bicyclic) bond motifs is 3. The van der Waals surface area contributed by atoms with Gasteiger partial charge in [0.1, 0.15) is 0 Å². The maximum Gasteiger partial charge on any atom is 0.214 e. The van der Waals surface area contributed by atoms with Crippen molar-refractivity contribution in [3.05, 3.63) is 46.1 Å². The van der Waals surface area contributed by atoms with Crippen molar-refractivity contribution in [3.8, 4) is 0 Å². The summed E-state index contributed by atoms with van der Waals surface area (Å²) in [5, 5.41) is 11.0. The van der Waals surface area contributed by atoms with E-state index in [9.17, 15) is 9.90 Å². The third kappa shape index (κ3) is 2.29. The number of ether oxygens (including phenoxy) is 1. The van der Waals surface area contributed by atoms with Gasteiger partial charge in [0.25, 0.3) is 0 Å². The molecule has 1 aliphatic heterocycles. The molecule has 2 unspecified atom stereocenters. The van der Waals surface area contributed by atoms with Gasteiger partial charge in [0.05, 0.1) is 6.61 Å². The van der Waals surface area contributed by atoms with Crippen LogP contribution in [0.25, 0.3) is 0 Å². The van der Waals surface area contributed by atoms with Gasteiger partial charge in [-0.2, -0.15) is 0 Å². The molecule has 0 saturated carbocycles. The molecule has 4 aliphatic rings. The average Bonchev–Trinajstić information content (AvgIpc) is 2.66. The third-order valence-corrected chi connectivity index (χ3v) is 6.32. The van der Waals surface area contributed by atoms with Crippen LogP contribution in [-0.2, 0) is 9.53 Å². The summed E-state index contributed by atoms with van der Waals surface area (Å²) < 4.78 is 5.81. The fourth-order valence-corrected chi connectivity index (χ4v) is 4.85. The van der Waals surface area contributed by atoms with Gasteiger partial charge in [-0.1, -0.05) is 26.3 Å². The lowest BCUT2D eigenvalue weighted by Gasteiger charge is -2.41. The maximum absolute atomic E-state index is 12.0. The van der Waals surface area contributed by atoms with Gasteiger partial charge in [-0.15, -0.1) is 0 Å². The topological polar surface area (TPSA) is 46.5 Å². The molecule has 3 heteroatoms. The van der Waals surface area contributed by atoms with Crippen molar-refractivity contribution >= 4 is 5.78 Å². The smallest absolute Gasteiger partial charge is 0.214 e. The molecular formula is C21H26O3. The summed E-state index contributed by atoms with van der Waals surface area (Å²) in [5.74, 6) is -1.11. The zero-order valence-electron chi connectivity index (χ0n) is 14.8. The van der Waals surface area contributed by atoms with Crippen molar-refractivity contribution in [2.45, 2.75) is 58.7 Å². The average molecular weight is 326 g/mol. The van der Waals surface area contributed by atoms with Gasteiger partial charge in [-0.3, -0.25) is 4.79 Å². The van der Waals surface area contributed by atoms with Crippen LogP contribution in [-0.4, -0.2) is 23.3 Å². The summed E-state index contributed by atoms with van der Waals surface area (Å²) in [6.07, 6.45) is 10.1. The first-order valence-electron chi connectivity index (χ1n) is 9.10. The maximum atomic E-state index is 12.0. The summed E-state index contributed by atoms with van der Waals surface area (Å²) in [5.41, 5.74) is 6.15. The van der Waals surface area contributed by atoms with Crippen LogP contribution in [0.5, 0.6) is 0 Å². The Kier molecular flexibility index (Phi) is 3.52. The van der Waals surface area contributed by atoms with E-state index in [1.54, 1.807) is 6.08 Å².